The summed E-state index contributed by atoms with van der Waals surface area (Å²) in [4.78, 5) is 2.47. The summed E-state index contributed by atoms with van der Waals surface area (Å²) < 4.78 is 0. The van der Waals surface area contributed by atoms with Gasteiger partial charge in [0.05, 0.1) is 0 Å². The first-order chi connectivity index (χ1) is 6.04. The molecule has 80 valence electrons. The molecule has 0 heterocycles. The van der Waals surface area contributed by atoms with Crippen molar-refractivity contribution in [2.45, 2.75) is 52.0 Å². The minimum atomic E-state index is 0.369. The van der Waals surface area contributed by atoms with Crippen LogP contribution < -0.4 is 0 Å². The van der Waals surface area contributed by atoms with Crippen molar-refractivity contribution in [1.29, 1.82) is 0 Å². The zero-order valence-corrected chi connectivity index (χ0v) is 11.2. The van der Waals surface area contributed by atoms with Gasteiger partial charge < -0.3 is 4.90 Å². The van der Waals surface area contributed by atoms with Gasteiger partial charge in [0.15, 0.2) is 0 Å². The summed E-state index contributed by atoms with van der Waals surface area (Å²) in [6, 6.07) is 0. The molecule has 0 aliphatic heterocycles. The van der Waals surface area contributed by atoms with Crippen molar-refractivity contribution in [1.82, 2.24) is 4.90 Å². The van der Waals surface area contributed by atoms with Gasteiger partial charge >= 0.3 is 0 Å². The molecule has 2 heteroatoms. The second-order valence-electron chi connectivity index (χ2n) is 4.34. The number of alkyl halides is 1. The largest absolute Gasteiger partial charge is 0.301 e. The van der Waals surface area contributed by atoms with Crippen molar-refractivity contribution in [2.75, 3.05) is 18.9 Å². The second-order valence-corrected chi connectivity index (χ2v) is 5.13. The van der Waals surface area contributed by atoms with Crippen LogP contribution in [0.25, 0.3) is 0 Å². The molecule has 0 N–H and O–H groups in total. The molecule has 0 aliphatic rings. The molecule has 0 saturated carbocycles. The highest BCUT2D eigenvalue weighted by molar-refractivity contribution is 9.09. The van der Waals surface area contributed by atoms with Crippen molar-refractivity contribution >= 4 is 15.9 Å². The Kier molecular flexibility index (Phi) is 7.06. The van der Waals surface area contributed by atoms with Crippen LogP contribution in [0.15, 0.2) is 0 Å². The standard InChI is InChI=1S/C11H24BrN/c1-5-11(2,3)13(4)10-8-6-7-9-12/h5-10H2,1-4H3. The number of unbranched alkanes of at least 4 members (excludes halogenated alkanes) is 2. The number of rotatable bonds is 7. The Hall–Kier alpha value is 0.440. The first-order valence-electron chi connectivity index (χ1n) is 5.31. The highest BCUT2D eigenvalue weighted by Gasteiger charge is 2.19. The third-order valence-corrected chi connectivity index (χ3v) is 3.59. The van der Waals surface area contributed by atoms with Crippen molar-refractivity contribution in [3.05, 3.63) is 0 Å². The maximum Gasteiger partial charge on any atom is 0.0147 e. The summed E-state index contributed by atoms with van der Waals surface area (Å²) in [5.41, 5.74) is 0.369. The monoisotopic (exact) mass is 249 g/mol. The predicted molar refractivity (Wildman–Crippen MR) is 64.6 cm³/mol. The Labute approximate surface area is 92.0 Å². The molecule has 0 aromatic heterocycles. The minimum Gasteiger partial charge on any atom is -0.301 e. The molecule has 0 amide bonds. The van der Waals surface area contributed by atoms with E-state index in [0.717, 1.165) is 5.33 Å². The van der Waals surface area contributed by atoms with E-state index >= 15 is 0 Å². The third-order valence-electron chi connectivity index (χ3n) is 3.03. The van der Waals surface area contributed by atoms with E-state index in [-0.39, 0.29) is 0 Å². The maximum atomic E-state index is 3.46. The highest BCUT2D eigenvalue weighted by atomic mass is 79.9. The summed E-state index contributed by atoms with van der Waals surface area (Å²) in [6.07, 6.45) is 5.20. The van der Waals surface area contributed by atoms with Crippen LogP contribution in [0, 0.1) is 0 Å². The van der Waals surface area contributed by atoms with Gasteiger partial charge in [0, 0.05) is 10.9 Å². The number of hydrogen-bond donors (Lipinski definition) is 0. The van der Waals surface area contributed by atoms with E-state index in [1.807, 2.05) is 0 Å². The van der Waals surface area contributed by atoms with Crippen molar-refractivity contribution in [2.24, 2.45) is 0 Å². The van der Waals surface area contributed by atoms with E-state index < -0.39 is 0 Å². The lowest BCUT2D eigenvalue weighted by atomic mass is 9.99. The topological polar surface area (TPSA) is 3.24 Å². The molecule has 0 bridgehead atoms. The van der Waals surface area contributed by atoms with E-state index in [0.29, 0.717) is 5.54 Å². The average molecular weight is 250 g/mol. The van der Waals surface area contributed by atoms with E-state index in [4.69, 9.17) is 0 Å². The van der Waals surface area contributed by atoms with Crippen LogP contribution in [0.4, 0.5) is 0 Å². The first-order valence-corrected chi connectivity index (χ1v) is 6.44. The predicted octanol–water partition coefficient (Wildman–Crippen LogP) is 3.67. The second kappa shape index (κ2) is 6.83. The molecule has 0 spiro atoms. The highest BCUT2D eigenvalue weighted by Crippen LogP contribution is 2.16. The van der Waals surface area contributed by atoms with Crippen molar-refractivity contribution in [3.63, 3.8) is 0 Å². The fourth-order valence-corrected chi connectivity index (χ4v) is 1.59. The molecule has 0 atom stereocenters. The Bertz CT molecular complexity index is 123. The summed E-state index contributed by atoms with van der Waals surface area (Å²) in [5.74, 6) is 0. The van der Waals surface area contributed by atoms with Gasteiger partial charge in [-0.15, -0.1) is 0 Å². The van der Waals surface area contributed by atoms with Gasteiger partial charge in [0.2, 0.25) is 0 Å². The van der Waals surface area contributed by atoms with Crippen LogP contribution in [0.2, 0.25) is 0 Å². The minimum absolute atomic E-state index is 0.369. The lowest BCUT2D eigenvalue weighted by Crippen LogP contribution is -2.40. The summed E-state index contributed by atoms with van der Waals surface area (Å²) >= 11 is 3.46. The third kappa shape index (κ3) is 5.69. The van der Waals surface area contributed by atoms with Gasteiger partial charge in [-0.05, 0) is 46.7 Å². The molecule has 0 rings (SSSR count). The quantitative estimate of drug-likeness (QED) is 0.492. The maximum absolute atomic E-state index is 3.46. The zero-order valence-electron chi connectivity index (χ0n) is 9.57. The molecule has 0 unspecified atom stereocenters. The Balaban J connectivity index is 3.55. The van der Waals surface area contributed by atoms with Gasteiger partial charge in [-0.25, -0.2) is 0 Å². The summed E-state index contributed by atoms with van der Waals surface area (Å²) in [7, 11) is 2.23. The smallest absolute Gasteiger partial charge is 0.0147 e. The van der Waals surface area contributed by atoms with Crippen LogP contribution in [-0.4, -0.2) is 29.4 Å². The molecule has 0 aliphatic carbocycles. The van der Waals surface area contributed by atoms with Gasteiger partial charge in [-0.3, -0.25) is 0 Å². The molecule has 0 radical (unpaired) electrons. The SMILES string of the molecule is CCC(C)(C)N(C)CCCCCBr. The molecular formula is C11H24BrN. The van der Waals surface area contributed by atoms with Crippen LogP contribution in [-0.2, 0) is 0 Å². The normalized spacial score (nSPS) is 12.5. The number of hydrogen-bond acceptors (Lipinski definition) is 1. The number of halogens is 1. The molecule has 0 aromatic rings. The van der Waals surface area contributed by atoms with Gasteiger partial charge in [-0.2, -0.15) is 0 Å². The van der Waals surface area contributed by atoms with E-state index in [2.05, 4.69) is 48.6 Å². The average Bonchev–Trinajstić information content (AvgIpc) is 2.12. The van der Waals surface area contributed by atoms with E-state index in [1.165, 1.54) is 32.2 Å². The lowest BCUT2D eigenvalue weighted by Gasteiger charge is -2.34. The molecule has 0 fully saturated rings. The number of nitrogens with zero attached hydrogens (tertiary/aromatic N) is 1. The van der Waals surface area contributed by atoms with Crippen LogP contribution in [0.1, 0.15) is 46.5 Å². The van der Waals surface area contributed by atoms with Gasteiger partial charge in [0.1, 0.15) is 0 Å². The fourth-order valence-electron chi connectivity index (χ4n) is 1.19. The van der Waals surface area contributed by atoms with E-state index in [9.17, 15) is 0 Å². The van der Waals surface area contributed by atoms with Gasteiger partial charge in [-0.1, -0.05) is 29.3 Å². The lowest BCUT2D eigenvalue weighted by molar-refractivity contribution is 0.148. The van der Waals surface area contributed by atoms with Crippen LogP contribution >= 0.6 is 15.9 Å². The fraction of sp³-hybridized carbons (Fsp3) is 1.00. The van der Waals surface area contributed by atoms with Crippen molar-refractivity contribution in [3.8, 4) is 0 Å². The Morgan fingerprint density at radius 3 is 2.23 bits per heavy atom. The van der Waals surface area contributed by atoms with Crippen molar-refractivity contribution < 1.29 is 0 Å². The summed E-state index contributed by atoms with van der Waals surface area (Å²) in [5, 5.41) is 1.15. The first kappa shape index (κ1) is 13.4. The van der Waals surface area contributed by atoms with E-state index in [1.54, 1.807) is 0 Å². The molecule has 1 nitrogen and oxygen atoms in total. The van der Waals surface area contributed by atoms with Crippen LogP contribution in [0.5, 0.6) is 0 Å². The molecule has 13 heavy (non-hydrogen) atoms. The molecule has 0 saturated heterocycles. The summed E-state index contributed by atoms with van der Waals surface area (Å²) in [6.45, 7) is 8.12. The Morgan fingerprint density at radius 1 is 1.15 bits per heavy atom. The van der Waals surface area contributed by atoms with Gasteiger partial charge in [0.25, 0.3) is 0 Å². The zero-order chi connectivity index (χ0) is 10.3. The molecule has 0 aromatic carbocycles. The Morgan fingerprint density at radius 2 is 1.77 bits per heavy atom. The van der Waals surface area contributed by atoms with Crippen LogP contribution in [0.3, 0.4) is 0 Å². The molecular weight excluding hydrogens is 226 g/mol.